The van der Waals surface area contributed by atoms with E-state index in [1.165, 1.54) is 34.1 Å². The molecule has 1 aromatic heterocycles. The molecule has 0 fully saturated rings. The Morgan fingerprint density at radius 1 is 1.47 bits per heavy atom. The van der Waals surface area contributed by atoms with Crippen LogP contribution in [-0.2, 0) is 6.42 Å². The van der Waals surface area contributed by atoms with Gasteiger partial charge in [-0.3, -0.25) is 0 Å². The molecule has 2 heteroatoms. The molecule has 2 aromatic rings. The third-order valence-corrected chi connectivity index (χ3v) is 3.80. The molecule has 1 heterocycles. The number of aromatic nitrogens is 1. The number of nitriles is 1. The summed E-state index contributed by atoms with van der Waals surface area (Å²) in [5.41, 5.74) is 5.29. The lowest BCUT2D eigenvalue weighted by molar-refractivity contribution is 0.561. The zero-order valence-corrected chi connectivity index (χ0v) is 10.1. The average Bonchev–Trinajstić information content (AvgIpc) is 2.67. The summed E-state index contributed by atoms with van der Waals surface area (Å²) in [5, 5.41) is 10.3. The largest absolute Gasteiger partial charge is 0.358 e. The van der Waals surface area contributed by atoms with Gasteiger partial charge in [-0.05, 0) is 49.3 Å². The Bertz CT molecular complexity index is 601. The first kappa shape index (κ1) is 10.4. The quantitative estimate of drug-likeness (QED) is 0.786. The van der Waals surface area contributed by atoms with Crippen molar-refractivity contribution < 1.29 is 0 Å². The van der Waals surface area contributed by atoms with Gasteiger partial charge in [-0.15, -0.1) is 0 Å². The standard InChI is InChI=1S/C15H16N2/c1-10-5-6-12-14(9-10)17-13-4-2-3-11(7-8-16)15(12)13/h5-6,9,11,17H,2-4,7H2,1H3. The minimum Gasteiger partial charge on any atom is -0.358 e. The molecule has 0 saturated heterocycles. The smallest absolute Gasteiger partial charge is 0.0628 e. The van der Waals surface area contributed by atoms with Crippen LogP contribution in [0, 0.1) is 18.3 Å². The molecule has 2 nitrogen and oxygen atoms in total. The Labute approximate surface area is 101 Å². The van der Waals surface area contributed by atoms with Crippen LogP contribution in [-0.4, -0.2) is 4.98 Å². The van der Waals surface area contributed by atoms with Crippen LogP contribution in [0.15, 0.2) is 18.2 Å². The first-order valence-corrected chi connectivity index (χ1v) is 6.27. The summed E-state index contributed by atoms with van der Waals surface area (Å²) in [4.78, 5) is 3.54. The SMILES string of the molecule is Cc1ccc2c3c([nH]c2c1)CCCC3CC#N. The molecule has 0 radical (unpaired) electrons. The van der Waals surface area contributed by atoms with Crippen LogP contribution >= 0.6 is 0 Å². The van der Waals surface area contributed by atoms with Crippen molar-refractivity contribution in [3.05, 3.63) is 35.0 Å². The van der Waals surface area contributed by atoms with Gasteiger partial charge in [0.15, 0.2) is 0 Å². The van der Waals surface area contributed by atoms with Crippen LogP contribution in [0.4, 0.5) is 0 Å². The highest BCUT2D eigenvalue weighted by Gasteiger charge is 2.24. The first-order valence-electron chi connectivity index (χ1n) is 6.27. The van der Waals surface area contributed by atoms with E-state index in [1.807, 2.05) is 0 Å². The molecule has 3 rings (SSSR count). The molecule has 1 aliphatic carbocycles. The highest BCUT2D eigenvalue weighted by Crippen LogP contribution is 2.38. The van der Waals surface area contributed by atoms with Gasteiger partial charge in [-0.2, -0.15) is 5.26 Å². The Balaban J connectivity index is 2.21. The highest BCUT2D eigenvalue weighted by atomic mass is 14.7. The third-order valence-electron chi connectivity index (χ3n) is 3.80. The number of H-pyrrole nitrogens is 1. The molecular weight excluding hydrogens is 208 g/mol. The van der Waals surface area contributed by atoms with Crippen LogP contribution < -0.4 is 0 Å². The molecule has 1 unspecified atom stereocenters. The maximum atomic E-state index is 8.94. The second-order valence-electron chi connectivity index (χ2n) is 5.02. The fourth-order valence-electron chi connectivity index (χ4n) is 3.04. The number of aromatic amines is 1. The number of benzene rings is 1. The number of nitrogens with one attached hydrogen (secondary N) is 1. The van der Waals surface area contributed by atoms with Gasteiger partial charge in [-0.25, -0.2) is 0 Å². The van der Waals surface area contributed by atoms with Crippen LogP contribution in [0.25, 0.3) is 10.9 Å². The van der Waals surface area contributed by atoms with E-state index in [4.69, 9.17) is 5.26 Å². The normalized spacial score (nSPS) is 18.9. The van der Waals surface area contributed by atoms with Crippen molar-refractivity contribution in [2.75, 3.05) is 0 Å². The fourth-order valence-corrected chi connectivity index (χ4v) is 3.04. The summed E-state index contributed by atoms with van der Waals surface area (Å²) in [6.07, 6.45) is 4.13. The van der Waals surface area contributed by atoms with Gasteiger partial charge in [0, 0.05) is 23.0 Å². The summed E-state index contributed by atoms with van der Waals surface area (Å²) in [5.74, 6) is 0.431. The lowest BCUT2D eigenvalue weighted by Gasteiger charge is -2.20. The lowest BCUT2D eigenvalue weighted by Crippen LogP contribution is -2.08. The van der Waals surface area contributed by atoms with Gasteiger partial charge >= 0.3 is 0 Å². The zero-order chi connectivity index (χ0) is 11.8. The predicted octanol–water partition coefficient (Wildman–Crippen LogP) is 3.81. The molecule has 0 spiro atoms. The molecule has 1 aromatic carbocycles. The van der Waals surface area contributed by atoms with E-state index >= 15 is 0 Å². The second-order valence-corrected chi connectivity index (χ2v) is 5.02. The summed E-state index contributed by atoms with van der Waals surface area (Å²) >= 11 is 0. The summed E-state index contributed by atoms with van der Waals surface area (Å²) in [6.45, 7) is 2.12. The van der Waals surface area contributed by atoms with Crippen molar-refractivity contribution in [2.24, 2.45) is 0 Å². The van der Waals surface area contributed by atoms with E-state index in [0.717, 1.165) is 12.8 Å². The Morgan fingerprint density at radius 2 is 2.35 bits per heavy atom. The molecule has 0 amide bonds. The maximum Gasteiger partial charge on any atom is 0.0628 e. The zero-order valence-electron chi connectivity index (χ0n) is 10.1. The second kappa shape index (κ2) is 3.92. The Hall–Kier alpha value is -1.75. The van der Waals surface area contributed by atoms with E-state index in [-0.39, 0.29) is 0 Å². The molecular formula is C15H16N2. The minimum absolute atomic E-state index is 0.431. The van der Waals surface area contributed by atoms with Gasteiger partial charge in [-0.1, -0.05) is 12.1 Å². The maximum absolute atomic E-state index is 8.94. The van der Waals surface area contributed by atoms with Crippen molar-refractivity contribution >= 4 is 10.9 Å². The van der Waals surface area contributed by atoms with Crippen LogP contribution in [0.3, 0.4) is 0 Å². The number of rotatable bonds is 1. The molecule has 1 aliphatic rings. The minimum atomic E-state index is 0.431. The number of hydrogen-bond acceptors (Lipinski definition) is 1. The van der Waals surface area contributed by atoms with Gasteiger partial charge in [0.2, 0.25) is 0 Å². The number of fused-ring (bicyclic) bond motifs is 3. The summed E-state index contributed by atoms with van der Waals surface area (Å²) in [7, 11) is 0. The van der Waals surface area contributed by atoms with Crippen molar-refractivity contribution in [1.29, 1.82) is 5.26 Å². The molecule has 86 valence electrons. The molecule has 0 bridgehead atoms. The van der Waals surface area contributed by atoms with Crippen LogP contribution in [0.2, 0.25) is 0 Å². The summed E-state index contributed by atoms with van der Waals surface area (Å²) in [6, 6.07) is 8.90. The average molecular weight is 224 g/mol. The van der Waals surface area contributed by atoms with E-state index in [2.05, 4.69) is 36.2 Å². The monoisotopic (exact) mass is 224 g/mol. The fraction of sp³-hybridized carbons (Fsp3) is 0.400. The summed E-state index contributed by atoms with van der Waals surface area (Å²) < 4.78 is 0. The number of hydrogen-bond donors (Lipinski definition) is 1. The van der Waals surface area contributed by atoms with Crippen LogP contribution in [0.5, 0.6) is 0 Å². The van der Waals surface area contributed by atoms with Gasteiger partial charge < -0.3 is 4.98 Å². The Morgan fingerprint density at radius 3 is 3.18 bits per heavy atom. The van der Waals surface area contributed by atoms with E-state index in [9.17, 15) is 0 Å². The molecule has 0 aliphatic heterocycles. The molecule has 0 saturated carbocycles. The molecule has 17 heavy (non-hydrogen) atoms. The van der Waals surface area contributed by atoms with Gasteiger partial charge in [0.1, 0.15) is 0 Å². The van der Waals surface area contributed by atoms with Crippen molar-refractivity contribution in [1.82, 2.24) is 4.98 Å². The van der Waals surface area contributed by atoms with E-state index in [1.54, 1.807) is 0 Å². The van der Waals surface area contributed by atoms with Gasteiger partial charge in [0.05, 0.1) is 6.07 Å². The number of nitrogens with zero attached hydrogens (tertiary/aromatic N) is 1. The van der Waals surface area contributed by atoms with Crippen molar-refractivity contribution in [3.63, 3.8) is 0 Å². The van der Waals surface area contributed by atoms with Gasteiger partial charge in [0.25, 0.3) is 0 Å². The predicted molar refractivity (Wildman–Crippen MR) is 68.9 cm³/mol. The van der Waals surface area contributed by atoms with Crippen molar-refractivity contribution in [3.8, 4) is 6.07 Å². The molecule has 1 atom stereocenters. The molecule has 1 N–H and O–H groups in total. The van der Waals surface area contributed by atoms with Crippen molar-refractivity contribution in [2.45, 2.75) is 38.5 Å². The Kier molecular flexibility index (Phi) is 2.40. The van der Waals surface area contributed by atoms with E-state index < -0.39 is 0 Å². The first-order chi connectivity index (χ1) is 8.29. The lowest BCUT2D eigenvalue weighted by atomic mass is 9.83. The van der Waals surface area contributed by atoms with Crippen LogP contribution in [0.1, 0.15) is 42.0 Å². The number of aryl methyl sites for hydroxylation is 2. The topological polar surface area (TPSA) is 39.6 Å². The third kappa shape index (κ3) is 1.63. The highest BCUT2D eigenvalue weighted by molar-refractivity contribution is 5.86. The van der Waals surface area contributed by atoms with E-state index in [0.29, 0.717) is 12.3 Å².